The Morgan fingerprint density at radius 1 is 1.25 bits per heavy atom. The van der Waals surface area contributed by atoms with E-state index in [1.54, 1.807) is 0 Å². The van der Waals surface area contributed by atoms with Crippen molar-refractivity contribution in [2.75, 3.05) is 0 Å². The molecule has 2 saturated carbocycles. The van der Waals surface area contributed by atoms with Crippen molar-refractivity contribution in [2.24, 2.45) is 0 Å². The number of ether oxygens (including phenoxy) is 1. The Morgan fingerprint density at radius 3 is 2.19 bits per heavy atom. The summed E-state index contributed by atoms with van der Waals surface area (Å²) >= 11 is 0. The first-order valence-electron chi connectivity index (χ1n) is 5.96. The van der Waals surface area contributed by atoms with Gasteiger partial charge in [-0.15, -0.1) is 0 Å². The molecule has 2 aliphatic carbocycles. The molecular weight excluding hydrogens is 206 g/mol. The van der Waals surface area contributed by atoms with E-state index in [1.807, 2.05) is 20.8 Å². The SMILES string of the molecule is CC(C)(C)OC(=O)NC12CCC(O)(CC1)C2. The molecule has 4 nitrogen and oxygen atoms in total. The van der Waals surface area contributed by atoms with Gasteiger partial charge in [0.2, 0.25) is 0 Å². The van der Waals surface area contributed by atoms with Crippen LogP contribution in [0.15, 0.2) is 0 Å². The van der Waals surface area contributed by atoms with E-state index in [-0.39, 0.29) is 11.6 Å². The van der Waals surface area contributed by atoms with Gasteiger partial charge < -0.3 is 15.2 Å². The van der Waals surface area contributed by atoms with Crippen LogP contribution in [0.25, 0.3) is 0 Å². The van der Waals surface area contributed by atoms with Crippen LogP contribution in [0.1, 0.15) is 52.9 Å². The van der Waals surface area contributed by atoms with Crippen molar-refractivity contribution in [1.82, 2.24) is 5.32 Å². The number of carbonyl (C=O) groups is 1. The minimum absolute atomic E-state index is 0.211. The lowest BCUT2D eigenvalue weighted by Gasteiger charge is -2.29. The molecule has 2 fully saturated rings. The van der Waals surface area contributed by atoms with E-state index in [2.05, 4.69) is 5.32 Å². The fourth-order valence-electron chi connectivity index (χ4n) is 2.87. The third kappa shape index (κ3) is 2.32. The van der Waals surface area contributed by atoms with Crippen molar-refractivity contribution in [3.05, 3.63) is 0 Å². The Hall–Kier alpha value is -0.770. The van der Waals surface area contributed by atoms with Gasteiger partial charge in [0.1, 0.15) is 5.60 Å². The largest absolute Gasteiger partial charge is 0.444 e. The normalized spacial score (nSPS) is 37.5. The Kier molecular flexibility index (Phi) is 2.46. The van der Waals surface area contributed by atoms with Crippen LogP contribution in [0, 0.1) is 0 Å². The average Bonchev–Trinajstić information content (AvgIpc) is 2.53. The summed E-state index contributed by atoms with van der Waals surface area (Å²) in [5.41, 5.74) is -1.21. The minimum atomic E-state index is -0.533. The van der Waals surface area contributed by atoms with Crippen LogP contribution >= 0.6 is 0 Å². The van der Waals surface area contributed by atoms with E-state index in [1.165, 1.54) is 0 Å². The molecule has 0 aromatic carbocycles. The van der Waals surface area contributed by atoms with Gasteiger partial charge >= 0.3 is 6.09 Å². The van der Waals surface area contributed by atoms with Crippen molar-refractivity contribution in [3.63, 3.8) is 0 Å². The number of nitrogens with one attached hydrogen (secondary N) is 1. The van der Waals surface area contributed by atoms with Gasteiger partial charge in [0.15, 0.2) is 0 Å². The molecule has 0 atom stereocenters. The standard InChI is InChI=1S/C12H21NO3/c1-10(2,3)16-9(14)13-11-4-6-12(15,8-11)7-5-11/h15H,4-8H2,1-3H3,(H,13,14). The van der Waals surface area contributed by atoms with Gasteiger partial charge in [-0.2, -0.15) is 0 Å². The Morgan fingerprint density at radius 2 is 1.81 bits per heavy atom. The first-order valence-corrected chi connectivity index (χ1v) is 5.96. The molecule has 0 aromatic heterocycles. The number of carbonyl (C=O) groups excluding carboxylic acids is 1. The molecule has 0 saturated heterocycles. The lowest BCUT2D eigenvalue weighted by atomic mass is 9.93. The Balaban J connectivity index is 1.94. The first kappa shape index (κ1) is 11.7. The van der Waals surface area contributed by atoms with Crippen LogP contribution in [0.4, 0.5) is 4.79 Å². The zero-order valence-electron chi connectivity index (χ0n) is 10.3. The molecule has 0 aromatic rings. The highest BCUT2D eigenvalue weighted by Crippen LogP contribution is 2.50. The molecular formula is C12H21NO3. The molecule has 0 heterocycles. The highest BCUT2D eigenvalue weighted by molar-refractivity contribution is 5.69. The van der Waals surface area contributed by atoms with Crippen molar-refractivity contribution in [2.45, 2.75) is 69.6 Å². The van der Waals surface area contributed by atoms with Gasteiger partial charge in [0, 0.05) is 5.54 Å². The molecule has 0 aliphatic heterocycles. The van der Waals surface area contributed by atoms with Crippen molar-refractivity contribution < 1.29 is 14.6 Å². The van der Waals surface area contributed by atoms with Crippen LogP contribution in [0.2, 0.25) is 0 Å². The number of hydrogen-bond acceptors (Lipinski definition) is 3. The van der Waals surface area contributed by atoms with Gasteiger partial charge in [-0.3, -0.25) is 0 Å². The third-order valence-electron chi connectivity index (χ3n) is 3.57. The number of amides is 1. The van der Waals surface area contributed by atoms with Crippen LogP contribution in [-0.2, 0) is 4.74 Å². The van der Waals surface area contributed by atoms with Crippen LogP contribution < -0.4 is 5.32 Å². The average molecular weight is 227 g/mol. The summed E-state index contributed by atoms with van der Waals surface area (Å²) in [5.74, 6) is 0. The number of hydrogen-bond donors (Lipinski definition) is 2. The summed E-state index contributed by atoms with van der Waals surface area (Å²) in [6, 6.07) is 0. The summed E-state index contributed by atoms with van der Waals surface area (Å²) in [7, 11) is 0. The van der Waals surface area contributed by atoms with Gasteiger partial charge in [0.05, 0.1) is 5.60 Å². The van der Waals surface area contributed by atoms with E-state index < -0.39 is 11.2 Å². The maximum Gasteiger partial charge on any atom is 0.408 e. The summed E-state index contributed by atoms with van der Waals surface area (Å²) in [4.78, 5) is 11.7. The molecule has 2 N–H and O–H groups in total. The first-order chi connectivity index (χ1) is 7.22. The Labute approximate surface area is 96.4 Å². The number of rotatable bonds is 1. The zero-order valence-corrected chi connectivity index (χ0v) is 10.3. The molecule has 4 heteroatoms. The molecule has 2 rings (SSSR count). The van der Waals surface area contributed by atoms with Crippen LogP contribution in [-0.4, -0.2) is 27.9 Å². The summed E-state index contributed by atoms with van der Waals surface area (Å²) < 4.78 is 5.25. The van der Waals surface area contributed by atoms with Crippen molar-refractivity contribution in [3.8, 4) is 0 Å². The second-order valence-corrected chi connectivity index (χ2v) is 6.31. The van der Waals surface area contributed by atoms with E-state index in [0.717, 1.165) is 25.7 Å². The Bertz CT molecular complexity index is 298. The maximum absolute atomic E-state index is 11.7. The maximum atomic E-state index is 11.7. The van der Waals surface area contributed by atoms with Crippen LogP contribution in [0.5, 0.6) is 0 Å². The predicted octanol–water partition coefficient (Wildman–Crippen LogP) is 1.96. The monoisotopic (exact) mass is 227 g/mol. The molecule has 2 bridgehead atoms. The fraction of sp³-hybridized carbons (Fsp3) is 0.917. The second kappa shape index (κ2) is 3.36. The van der Waals surface area contributed by atoms with Gasteiger partial charge in [-0.1, -0.05) is 0 Å². The van der Waals surface area contributed by atoms with Crippen molar-refractivity contribution in [1.29, 1.82) is 0 Å². The summed E-state index contributed by atoms with van der Waals surface area (Å²) in [6.07, 6.45) is 3.63. The fourth-order valence-corrected chi connectivity index (χ4v) is 2.87. The minimum Gasteiger partial charge on any atom is -0.444 e. The van der Waals surface area contributed by atoms with E-state index in [4.69, 9.17) is 4.74 Å². The van der Waals surface area contributed by atoms with Gasteiger partial charge in [-0.05, 0) is 52.9 Å². The quantitative estimate of drug-likeness (QED) is 0.720. The van der Waals surface area contributed by atoms with Crippen molar-refractivity contribution >= 4 is 6.09 Å². The third-order valence-corrected chi connectivity index (χ3v) is 3.57. The number of aliphatic hydroxyl groups is 1. The second-order valence-electron chi connectivity index (χ2n) is 6.31. The van der Waals surface area contributed by atoms with E-state index in [9.17, 15) is 9.90 Å². The molecule has 16 heavy (non-hydrogen) atoms. The highest BCUT2D eigenvalue weighted by Gasteiger charge is 2.54. The molecule has 92 valence electrons. The molecule has 2 aliphatic rings. The van der Waals surface area contributed by atoms with Gasteiger partial charge in [-0.25, -0.2) is 4.79 Å². The zero-order chi connectivity index (χ0) is 12.0. The number of fused-ring (bicyclic) bond motifs is 2. The predicted molar refractivity (Wildman–Crippen MR) is 60.1 cm³/mol. The lowest BCUT2D eigenvalue weighted by molar-refractivity contribution is 0.0458. The van der Waals surface area contributed by atoms with E-state index in [0.29, 0.717) is 6.42 Å². The summed E-state index contributed by atoms with van der Waals surface area (Å²) in [6.45, 7) is 5.55. The smallest absolute Gasteiger partial charge is 0.408 e. The molecule has 0 spiro atoms. The molecule has 0 radical (unpaired) electrons. The molecule has 0 unspecified atom stereocenters. The number of alkyl carbamates (subject to hydrolysis) is 1. The van der Waals surface area contributed by atoms with Gasteiger partial charge in [0.25, 0.3) is 0 Å². The topological polar surface area (TPSA) is 58.6 Å². The van der Waals surface area contributed by atoms with E-state index >= 15 is 0 Å². The summed E-state index contributed by atoms with van der Waals surface area (Å²) in [5, 5.41) is 13.0. The van der Waals surface area contributed by atoms with Crippen LogP contribution in [0.3, 0.4) is 0 Å². The highest BCUT2D eigenvalue weighted by atomic mass is 16.6. The molecule has 1 amide bonds. The lowest BCUT2D eigenvalue weighted by Crippen LogP contribution is -2.47.